The van der Waals surface area contributed by atoms with Gasteiger partial charge in [-0.3, -0.25) is 9.59 Å². The monoisotopic (exact) mass is 434 g/mol. The second-order valence-electron chi connectivity index (χ2n) is 6.37. The zero-order valence-electron chi connectivity index (χ0n) is 14.6. The van der Waals surface area contributed by atoms with Gasteiger partial charge < -0.3 is 10.3 Å². The number of nitrogens with one attached hydrogen (secondary N) is 2. The Hall–Kier alpha value is -2.54. The molecule has 0 spiro atoms. The van der Waals surface area contributed by atoms with Crippen molar-refractivity contribution in [3.05, 3.63) is 80.1 Å². The Morgan fingerprint density at radius 1 is 1.11 bits per heavy atom. The predicted molar refractivity (Wildman–Crippen MR) is 104 cm³/mol. The topological polar surface area (TPSA) is 62.0 Å². The number of halogens is 3. The maximum Gasteiger partial charge on any atom is 0.252 e. The molecule has 2 aromatic carbocycles. The minimum absolute atomic E-state index is 0.173. The quantitative estimate of drug-likeness (QED) is 0.632. The van der Waals surface area contributed by atoms with Crippen molar-refractivity contribution in [1.82, 2.24) is 10.3 Å². The first kappa shape index (κ1) is 19.2. The lowest BCUT2D eigenvalue weighted by molar-refractivity contribution is -0.122. The molecule has 140 valence electrons. The first-order valence-corrected chi connectivity index (χ1v) is 9.14. The van der Waals surface area contributed by atoms with Gasteiger partial charge in [-0.15, -0.1) is 0 Å². The first-order chi connectivity index (χ1) is 12.8. The fourth-order valence-corrected chi connectivity index (χ4v) is 3.42. The standard InChI is InChI=1S/C20H17BrF2N2O2/c1-10(14-9-15-16(21)4-3-5-18(15)25-20(14)27)19(26)24-11(2)13-7-6-12(22)8-17(13)23/h3-11H,1-2H3,(H,24,26)(H,25,27)/t10?,11-/m0/s1. The summed E-state index contributed by atoms with van der Waals surface area (Å²) in [6, 6.07) is 9.61. The molecule has 4 nitrogen and oxygen atoms in total. The first-order valence-electron chi connectivity index (χ1n) is 8.34. The molecule has 1 heterocycles. The van der Waals surface area contributed by atoms with E-state index in [-0.39, 0.29) is 11.1 Å². The van der Waals surface area contributed by atoms with Gasteiger partial charge in [0.2, 0.25) is 5.91 Å². The number of pyridine rings is 1. The summed E-state index contributed by atoms with van der Waals surface area (Å²) in [4.78, 5) is 27.8. The number of carbonyl (C=O) groups is 1. The van der Waals surface area contributed by atoms with Crippen molar-refractivity contribution < 1.29 is 13.6 Å². The second-order valence-corrected chi connectivity index (χ2v) is 7.23. The van der Waals surface area contributed by atoms with Gasteiger partial charge in [-0.05, 0) is 38.1 Å². The largest absolute Gasteiger partial charge is 0.349 e. The van der Waals surface area contributed by atoms with E-state index in [1.807, 2.05) is 6.07 Å². The maximum atomic E-state index is 13.9. The Kier molecular flexibility index (Phi) is 5.41. The average Bonchev–Trinajstić information content (AvgIpc) is 2.60. The molecule has 3 rings (SSSR count). The highest BCUT2D eigenvalue weighted by Gasteiger charge is 2.22. The van der Waals surface area contributed by atoms with Gasteiger partial charge in [-0.1, -0.05) is 28.1 Å². The number of fused-ring (bicyclic) bond motifs is 1. The van der Waals surface area contributed by atoms with Crippen molar-refractivity contribution in [3.63, 3.8) is 0 Å². The van der Waals surface area contributed by atoms with Crippen LogP contribution in [0, 0.1) is 11.6 Å². The molecule has 3 aromatic rings. The normalized spacial score (nSPS) is 13.4. The zero-order valence-corrected chi connectivity index (χ0v) is 16.2. The van der Waals surface area contributed by atoms with E-state index in [0.717, 1.165) is 22.0 Å². The SMILES string of the molecule is CC(C(=O)N[C@@H](C)c1ccc(F)cc1F)c1cc2c(Br)cccc2[nH]c1=O. The summed E-state index contributed by atoms with van der Waals surface area (Å²) in [5, 5.41) is 3.46. The lowest BCUT2D eigenvalue weighted by atomic mass is 9.99. The van der Waals surface area contributed by atoms with Crippen LogP contribution in [0.15, 0.2) is 51.7 Å². The highest BCUT2D eigenvalue weighted by atomic mass is 79.9. The van der Waals surface area contributed by atoms with Crippen molar-refractivity contribution >= 4 is 32.7 Å². The van der Waals surface area contributed by atoms with Gasteiger partial charge in [0, 0.05) is 32.6 Å². The molecule has 0 aliphatic carbocycles. The lowest BCUT2D eigenvalue weighted by Crippen LogP contribution is -2.33. The minimum atomic E-state index is -0.754. The molecule has 0 bridgehead atoms. The van der Waals surface area contributed by atoms with Crippen LogP contribution >= 0.6 is 15.9 Å². The number of carbonyl (C=O) groups excluding carboxylic acids is 1. The Balaban J connectivity index is 1.87. The van der Waals surface area contributed by atoms with Crippen molar-refractivity contribution in [1.29, 1.82) is 0 Å². The van der Waals surface area contributed by atoms with Crippen molar-refractivity contribution in [2.75, 3.05) is 0 Å². The maximum absolute atomic E-state index is 13.9. The van der Waals surface area contributed by atoms with Crippen LogP contribution in [0.25, 0.3) is 10.9 Å². The van der Waals surface area contributed by atoms with Gasteiger partial charge in [0.1, 0.15) is 11.6 Å². The third kappa shape index (κ3) is 3.93. The van der Waals surface area contributed by atoms with Crippen LogP contribution in [0.4, 0.5) is 8.78 Å². The van der Waals surface area contributed by atoms with Gasteiger partial charge >= 0.3 is 0 Å². The number of amides is 1. The molecular formula is C20H17BrF2N2O2. The molecule has 0 aliphatic heterocycles. The molecule has 0 aliphatic rings. The highest BCUT2D eigenvalue weighted by molar-refractivity contribution is 9.10. The Morgan fingerprint density at radius 3 is 2.56 bits per heavy atom. The van der Waals surface area contributed by atoms with E-state index in [1.54, 1.807) is 32.0 Å². The molecule has 27 heavy (non-hydrogen) atoms. The Labute approximate surface area is 162 Å². The molecule has 1 amide bonds. The number of rotatable bonds is 4. The number of benzene rings is 2. The molecular weight excluding hydrogens is 418 g/mol. The fraction of sp³-hybridized carbons (Fsp3) is 0.200. The molecule has 0 saturated carbocycles. The second kappa shape index (κ2) is 7.60. The van der Waals surface area contributed by atoms with Crippen LogP contribution in [0.2, 0.25) is 0 Å². The summed E-state index contributed by atoms with van der Waals surface area (Å²) >= 11 is 3.43. The van der Waals surface area contributed by atoms with Gasteiger partial charge in [-0.2, -0.15) is 0 Å². The van der Waals surface area contributed by atoms with Gasteiger partial charge in [0.05, 0.1) is 12.0 Å². The van der Waals surface area contributed by atoms with E-state index in [0.29, 0.717) is 11.1 Å². The van der Waals surface area contributed by atoms with E-state index in [9.17, 15) is 18.4 Å². The molecule has 1 unspecified atom stereocenters. The molecule has 7 heteroatoms. The van der Waals surface area contributed by atoms with Crippen LogP contribution in [0.3, 0.4) is 0 Å². The fourth-order valence-electron chi connectivity index (χ4n) is 2.94. The Bertz CT molecular complexity index is 1080. The van der Waals surface area contributed by atoms with E-state index >= 15 is 0 Å². The minimum Gasteiger partial charge on any atom is -0.349 e. The lowest BCUT2D eigenvalue weighted by Gasteiger charge is -2.18. The van der Waals surface area contributed by atoms with Crippen LogP contribution in [0.5, 0.6) is 0 Å². The summed E-state index contributed by atoms with van der Waals surface area (Å²) in [6.45, 7) is 3.21. The molecule has 0 fully saturated rings. The van der Waals surface area contributed by atoms with E-state index < -0.39 is 29.5 Å². The van der Waals surface area contributed by atoms with Crippen LogP contribution in [-0.2, 0) is 4.79 Å². The summed E-state index contributed by atoms with van der Waals surface area (Å²) in [5.74, 6) is -2.60. The van der Waals surface area contributed by atoms with Crippen LogP contribution < -0.4 is 10.9 Å². The smallest absolute Gasteiger partial charge is 0.252 e. The Morgan fingerprint density at radius 2 is 1.85 bits per heavy atom. The number of H-pyrrole nitrogens is 1. The molecule has 2 atom stereocenters. The van der Waals surface area contributed by atoms with Crippen molar-refractivity contribution in [2.45, 2.75) is 25.8 Å². The van der Waals surface area contributed by atoms with E-state index in [4.69, 9.17) is 0 Å². The van der Waals surface area contributed by atoms with Crippen LogP contribution in [-0.4, -0.2) is 10.9 Å². The van der Waals surface area contributed by atoms with Crippen LogP contribution in [0.1, 0.15) is 36.9 Å². The van der Waals surface area contributed by atoms with Crippen molar-refractivity contribution in [2.24, 2.45) is 0 Å². The summed E-state index contributed by atoms with van der Waals surface area (Å²) in [5.41, 5.74) is 0.780. The third-order valence-corrected chi connectivity index (χ3v) is 5.20. The van der Waals surface area contributed by atoms with Gasteiger partial charge in [-0.25, -0.2) is 8.78 Å². The number of aromatic amines is 1. The van der Waals surface area contributed by atoms with E-state index in [1.165, 1.54) is 6.07 Å². The number of aromatic nitrogens is 1. The third-order valence-electron chi connectivity index (χ3n) is 4.51. The zero-order chi connectivity index (χ0) is 19.7. The van der Waals surface area contributed by atoms with Crippen molar-refractivity contribution in [3.8, 4) is 0 Å². The molecule has 0 radical (unpaired) electrons. The number of hydrogen-bond donors (Lipinski definition) is 2. The summed E-state index contributed by atoms with van der Waals surface area (Å²) in [6.07, 6.45) is 0. The van der Waals surface area contributed by atoms with Gasteiger partial charge in [0.15, 0.2) is 0 Å². The van der Waals surface area contributed by atoms with E-state index in [2.05, 4.69) is 26.2 Å². The highest BCUT2D eigenvalue weighted by Crippen LogP contribution is 2.25. The molecule has 1 aromatic heterocycles. The van der Waals surface area contributed by atoms with Gasteiger partial charge in [0.25, 0.3) is 5.56 Å². The molecule has 2 N–H and O–H groups in total. The molecule has 0 saturated heterocycles. The summed E-state index contributed by atoms with van der Waals surface area (Å²) < 4.78 is 27.8. The average molecular weight is 435 g/mol. The predicted octanol–water partition coefficient (Wildman–Crippen LogP) is 4.55. The number of hydrogen-bond acceptors (Lipinski definition) is 2. The summed E-state index contributed by atoms with van der Waals surface area (Å²) in [7, 11) is 0.